The molecule has 4 atom stereocenters. The molecule has 0 aliphatic rings. The van der Waals surface area contributed by atoms with Gasteiger partial charge in [-0.05, 0) is 102 Å². The fourth-order valence-electron chi connectivity index (χ4n) is 8.18. The number of esters is 2. The summed E-state index contributed by atoms with van der Waals surface area (Å²) in [4.78, 5) is 41.8. The summed E-state index contributed by atoms with van der Waals surface area (Å²) in [5.41, 5.74) is 8.02. The second-order valence-electron chi connectivity index (χ2n) is 26.3. The van der Waals surface area contributed by atoms with Crippen molar-refractivity contribution in [3.63, 3.8) is 0 Å². The second-order valence-corrected chi connectivity index (χ2v) is 36.9. The molecule has 538 valence electrons. The van der Waals surface area contributed by atoms with Gasteiger partial charge in [-0.15, -0.1) is 16.7 Å². The summed E-state index contributed by atoms with van der Waals surface area (Å²) in [6.45, 7) is 32.3. The number of nitrogens with zero attached hydrogens (tertiary/aromatic N) is 4. The molecule has 5 N–H and O–H groups in total. The first-order chi connectivity index (χ1) is 45.0. The van der Waals surface area contributed by atoms with Gasteiger partial charge in [0.1, 0.15) is 47.6 Å². The number of nitrogens with two attached hydrogens (primary N) is 1. The molecule has 9 rings (SSSR count). The Balaban J connectivity index is 0.000000265. The van der Waals surface area contributed by atoms with E-state index in [0.717, 1.165) is 15.9 Å². The van der Waals surface area contributed by atoms with Gasteiger partial charge in [0, 0.05) is 26.7 Å². The zero-order valence-corrected chi connectivity index (χ0v) is 68.1. The van der Waals surface area contributed by atoms with Crippen LogP contribution in [0.15, 0.2) is 103 Å². The van der Waals surface area contributed by atoms with Gasteiger partial charge in [0.15, 0.2) is 57.3 Å². The Hall–Kier alpha value is -4.69. The first-order valence-electron chi connectivity index (χ1n) is 30.3. The molecule has 22 nitrogen and oxygen atoms in total. The summed E-state index contributed by atoms with van der Waals surface area (Å²) in [6, 6.07) is 15.9. The number of hydrogen-bond donors (Lipinski definition) is 4. The Morgan fingerprint density at radius 1 is 0.505 bits per heavy atom. The second kappa shape index (κ2) is 34.3. The molecule has 4 unspecified atom stereocenters. The van der Waals surface area contributed by atoms with Crippen LogP contribution in [-0.4, -0.2) is 120 Å². The number of halogens is 5. The number of carbonyl (C=O) groups is 2. The van der Waals surface area contributed by atoms with Crippen molar-refractivity contribution in [3.05, 3.63) is 109 Å². The van der Waals surface area contributed by atoms with Gasteiger partial charge in [-0.3, -0.25) is 9.59 Å². The molecule has 99 heavy (non-hydrogen) atoms. The Labute approximate surface area is 634 Å². The number of nitrogen functional groups attached to an aromatic ring is 1. The minimum Gasteiger partial charge on any atom is -0.775 e. The number of aromatic nitrogens is 4. The summed E-state index contributed by atoms with van der Waals surface area (Å²) < 4.78 is 107. The van der Waals surface area contributed by atoms with Gasteiger partial charge in [0.2, 0.25) is 23.6 Å². The Bertz CT molecular complexity index is 4730. The van der Waals surface area contributed by atoms with Crippen LogP contribution < -0.4 is 35.3 Å². The van der Waals surface area contributed by atoms with Crippen molar-refractivity contribution in [1.29, 1.82) is 0 Å². The van der Waals surface area contributed by atoms with Gasteiger partial charge in [0.25, 0.3) is 0 Å². The Morgan fingerprint density at radius 2 is 0.818 bits per heavy atom. The number of phenols is 1. The van der Waals surface area contributed by atoms with Crippen LogP contribution in [0, 0.1) is 0 Å². The molecular weight excluding hydrogens is 1500 g/mol. The first kappa shape index (κ1) is 86.7. The van der Waals surface area contributed by atoms with E-state index in [2.05, 4.69) is 19.9 Å². The topological polar surface area (TPSA) is 346 Å². The summed E-state index contributed by atoms with van der Waals surface area (Å²) in [5.74, 6) is 0.485. The standard InChI is InChI=1S/C16H20ClNO5S.C16H20ClNO3S.C14H18ClNO4S.C11H12ClNOS.C9H12ClNO4S.Na/c1-6-22-14(19)9(2)24(20,21)13-10(17)7-8-11-12(13)23-15(18-11)16(3,4)5;1-6-20-14(19)9(2)22-13-10(17)7-8-11-12(13)21-15(18-11)16(3,4)5;1-8(7-17)21(18,19)12-9(15)5-6-10-11(12)20-13(16-10)14(2,3)4;1-11(2,3)10-13-7-5-4-6(12)9(15)8(7)14-10;1-5(4-12)16(14,15)9-6(10)2-3-7(11)8(9)13;/h7-9H,6H2,1-5H3;7-9H,6H2,1-5H3;5-6,8,17H,7H2,1-4H3;4-5,15H,1-3H3;2-3,5,12-13H,4,11H2,1H3;/q;;;;;+1/p-1. The molecule has 0 bridgehead atoms. The van der Waals surface area contributed by atoms with Crippen LogP contribution in [0.2, 0.25) is 25.1 Å². The van der Waals surface area contributed by atoms with Gasteiger partial charge >= 0.3 is 41.5 Å². The molecular formula is C66H81Cl5N5NaO17S5. The third kappa shape index (κ3) is 20.6. The van der Waals surface area contributed by atoms with Crippen molar-refractivity contribution in [1.82, 2.24) is 19.9 Å². The summed E-state index contributed by atoms with van der Waals surface area (Å²) in [7, 11) is -11.8. The monoisotopic (exact) mass is 1570 g/mol. The zero-order chi connectivity index (χ0) is 74.5. The van der Waals surface area contributed by atoms with Gasteiger partial charge in [0.05, 0.1) is 67.6 Å². The molecule has 0 saturated carbocycles. The van der Waals surface area contributed by atoms with Gasteiger partial charge in [-0.2, -0.15) is 0 Å². The number of thioether (sulfide) groups is 1. The molecule has 0 amide bonds. The van der Waals surface area contributed by atoms with E-state index in [1.807, 2.05) is 95.2 Å². The third-order valence-electron chi connectivity index (χ3n) is 14.0. The number of aromatic hydroxyl groups is 1. The number of anilines is 1. The number of phenolic OH excluding ortho intramolecular Hbond substituents is 1. The molecule has 0 radical (unpaired) electrons. The van der Waals surface area contributed by atoms with Crippen LogP contribution in [0.1, 0.15) is 148 Å². The number of aliphatic hydroxyl groups excluding tert-OH is 2. The van der Waals surface area contributed by atoms with Crippen LogP contribution >= 0.6 is 69.8 Å². The van der Waals surface area contributed by atoms with Crippen LogP contribution in [-0.2, 0) is 82.9 Å². The maximum Gasteiger partial charge on any atom is 1.00 e. The number of aliphatic hydroxyl groups is 2. The van der Waals surface area contributed by atoms with E-state index < -0.39 is 80.5 Å². The number of fused-ring (bicyclic) bond motifs is 4. The van der Waals surface area contributed by atoms with Crippen molar-refractivity contribution < 1.29 is 107 Å². The molecule has 33 heteroatoms. The average molecular weight is 1580 g/mol. The molecule has 0 aliphatic carbocycles. The van der Waals surface area contributed by atoms with E-state index in [1.54, 1.807) is 45.0 Å². The zero-order valence-electron chi connectivity index (χ0n) is 58.3. The molecule has 5 aromatic carbocycles. The third-order valence-corrected chi connectivity index (χ3v) is 24.2. The molecule has 4 heterocycles. The molecule has 9 aromatic rings. The predicted molar refractivity (Wildman–Crippen MR) is 387 cm³/mol. The fourth-order valence-corrected chi connectivity index (χ4v) is 15.3. The number of oxazole rings is 4. The van der Waals surface area contributed by atoms with E-state index in [1.165, 1.54) is 56.8 Å². The van der Waals surface area contributed by atoms with Crippen molar-refractivity contribution in [2.75, 3.05) is 32.2 Å². The largest absolute Gasteiger partial charge is 1.00 e. The average Bonchev–Trinajstić information content (AvgIpc) is 1.72. The SMILES string of the molecule is CC(C)(C)c1nc2ccc(Cl)c([S-])c2o1.CC(CO)S(=O)(=O)c1c(Cl)ccc(N)c1O.CC(CO)S(=O)(=O)c1c(Cl)ccc2nc(C(C)(C)C)oc12.CCOC(=O)C(C)S(=O)(=O)c1c(Cl)ccc2nc(C(C)(C)C)oc12.CCOC(=O)C(C)Sc1c(Cl)ccc2nc(C(C)(C)C)oc12.[Na+]. The number of carbonyl (C=O) groups excluding carboxylic acids is 2. The van der Waals surface area contributed by atoms with E-state index in [0.29, 0.717) is 67.3 Å². The summed E-state index contributed by atoms with van der Waals surface area (Å²) in [5, 5.41) is 24.8. The van der Waals surface area contributed by atoms with Gasteiger partial charge < -0.3 is 60.8 Å². The molecule has 4 aromatic heterocycles. The predicted octanol–water partition coefficient (Wildman–Crippen LogP) is 12.7. The van der Waals surface area contributed by atoms with Crippen LogP contribution in [0.3, 0.4) is 0 Å². The maximum absolute atomic E-state index is 12.9. The summed E-state index contributed by atoms with van der Waals surface area (Å²) >= 11 is 36.6. The normalized spacial score (nSPS) is 13.5. The van der Waals surface area contributed by atoms with Gasteiger partial charge in [-0.1, -0.05) is 141 Å². The number of sulfone groups is 3. The van der Waals surface area contributed by atoms with Crippen molar-refractivity contribution in [2.45, 2.75) is 192 Å². The number of ether oxygens (including phenoxy) is 2. The molecule has 0 saturated heterocycles. The van der Waals surface area contributed by atoms with E-state index >= 15 is 0 Å². The quantitative estimate of drug-likeness (QED) is 0.0196. The number of hydrogen-bond acceptors (Lipinski definition) is 24. The molecule has 0 aliphatic heterocycles. The summed E-state index contributed by atoms with van der Waals surface area (Å²) in [6.07, 6.45) is 0. The van der Waals surface area contributed by atoms with Crippen molar-refractivity contribution in [2.24, 2.45) is 0 Å². The minimum absolute atomic E-state index is 0. The smallest absolute Gasteiger partial charge is 0.775 e. The first-order valence-corrected chi connectivity index (χ1v) is 38.1. The number of benzene rings is 5. The molecule has 0 spiro atoms. The van der Waals surface area contributed by atoms with Gasteiger partial charge in [-0.25, -0.2) is 45.2 Å². The minimum atomic E-state index is -4.09. The molecule has 0 fully saturated rings. The Morgan fingerprint density at radius 3 is 1.21 bits per heavy atom. The van der Waals surface area contributed by atoms with E-state index in [-0.39, 0.29) is 105 Å². The van der Waals surface area contributed by atoms with Crippen molar-refractivity contribution in [3.8, 4) is 5.75 Å². The van der Waals surface area contributed by atoms with E-state index in [4.69, 9.17) is 114 Å². The van der Waals surface area contributed by atoms with Crippen LogP contribution in [0.25, 0.3) is 44.4 Å². The number of rotatable bonds is 14. The van der Waals surface area contributed by atoms with Crippen LogP contribution in [0.5, 0.6) is 5.75 Å². The fraction of sp³-hybridized carbons (Fsp3) is 0.455. The van der Waals surface area contributed by atoms with Crippen LogP contribution in [0.4, 0.5) is 5.69 Å². The van der Waals surface area contributed by atoms with E-state index in [9.17, 15) is 39.9 Å². The Kier molecular flexibility index (Phi) is 30.0. The van der Waals surface area contributed by atoms with Crippen molar-refractivity contribution >= 4 is 174 Å². The maximum atomic E-state index is 12.9.